The zero-order valence-corrected chi connectivity index (χ0v) is 12.9. The molecule has 0 saturated carbocycles. The third-order valence-electron chi connectivity index (χ3n) is 3.84. The van der Waals surface area contributed by atoms with Crippen LogP contribution in [0.4, 0.5) is 0 Å². The van der Waals surface area contributed by atoms with Crippen LogP contribution in [0.2, 0.25) is 0 Å². The first-order valence-corrected chi connectivity index (χ1v) is 7.47. The SMILES string of the molecule is C=CC(=O)OCCn1c(=O)n(CC2CO2)c(=O)n(C2COC2)c1=O. The van der Waals surface area contributed by atoms with Gasteiger partial charge in [0.05, 0.1) is 45.1 Å². The van der Waals surface area contributed by atoms with Gasteiger partial charge in [0.1, 0.15) is 6.61 Å². The second kappa shape index (κ2) is 6.57. The Morgan fingerprint density at radius 3 is 2.38 bits per heavy atom. The van der Waals surface area contributed by atoms with Crippen molar-refractivity contribution in [3.63, 3.8) is 0 Å². The molecule has 24 heavy (non-hydrogen) atoms. The highest BCUT2D eigenvalue weighted by molar-refractivity contribution is 5.81. The van der Waals surface area contributed by atoms with E-state index in [0.29, 0.717) is 6.61 Å². The molecular formula is C14H17N3O7. The van der Waals surface area contributed by atoms with Gasteiger partial charge in [0.2, 0.25) is 0 Å². The molecule has 1 aromatic rings. The van der Waals surface area contributed by atoms with Crippen LogP contribution in [0.1, 0.15) is 6.04 Å². The Bertz CT molecular complexity index is 826. The molecule has 3 rings (SSSR count). The van der Waals surface area contributed by atoms with Crippen LogP contribution in [0.5, 0.6) is 0 Å². The second-order valence-corrected chi connectivity index (χ2v) is 5.50. The van der Waals surface area contributed by atoms with Gasteiger partial charge in [-0.15, -0.1) is 0 Å². The molecule has 0 spiro atoms. The van der Waals surface area contributed by atoms with E-state index < -0.39 is 29.1 Å². The molecule has 0 amide bonds. The summed E-state index contributed by atoms with van der Waals surface area (Å²) in [7, 11) is 0. The largest absolute Gasteiger partial charge is 0.461 e. The predicted octanol–water partition coefficient (Wildman–Crippen LogP) is -2.13. The third-order valence-corrected chi connectivity index (χ3v) is 3.84. The Labute approximate surface area is 135 Å². The van der Waals surface area contributed by atoms with Crippen molar-refractivity contribution in [2.45, 2.75) is 25.2 Å². The van der Waals surface area contributed by atoms with Gasteiger partial charge in [-0.05, 0) is 0 Å². The summed E-state index contributed by atoms with van der Waals surface area (Å²) in [6.45, 7) is 3.94. The first-order chi connectivity index (χ1) is 11.5. The summed E-state index contributed by atoms with van der Waals surface area (Å²) in [6.07, 6.45) is 0.781. The van der Waals surface area contributed by atoms with Crippen molar-refractivity contribution in [1.29, 1.82) is 0 Å². The van der Waals surface area contributed by atoms with E-state index in [-0.39, 0.29) is 39.0 Å². The van der Waals surface area contributed by atoms with Gasteiger partial charge in [0, 0.05) is 6.08 Å². The molecule has 1 aromatic heterocycles. The number of epoxide rings is 1. The highest BCUT2D eigenvalue weighted by atomic mass is 16.6. The predicted molar refractivity (Wildman–Crippen MR) is 80.0 cm³/mol. The molecule has 2 aliphatic heterocycles. The van der Waals surface area contributed by atoms with Crippen molar-refractivity contribution >= 4 is 5.97 Å². The summed E-state index contributed by atoms with van der Waals surface area (Å²) in [5.74, 6) is -0.657. The van der Waals surface area contributed by atoms with Gasteiger partial charge in [-0.25, -0.2) is 32.9 Å². The van der Waals surface area contributed by atoms with Gasteiger partial charge in [-0.1, -0.05) is 6.58 Å². The summed E-state index contributed by atoms with van der Waals surface area (Å²) in [5.41, 5.74) is -2.15. The smallest absolute Gasteiger partial charge is 0.336 e. The molecule has 2 saturated heterocycles. The first-order valence-electron chi connectivity index (χ1n) is 7.47. The van der Waals surface area contributed by atoms with Crippen LogP contribution in [0.25, 0.3) is 0 Å². The molecule has 0 aromatic carbocycles. The van der Waals surface area contributed by atoms with E-state index in [1.165, 1.54) is 0 Å². The maximum absolute atomic E-state index is 12.5. The summed E-state index contributed by atoms with van der Waals surface area (Å²) in [5, 5.41) is 0. The van der Waals surface area contributed by atoms with Crippen LogP contribution in [-0.4, -0.2) is 52.2 Å². The molecule has 130 valence electrons. The van der Waals surface area contributed by atoms with Crippen molar-refractivity contribution in [2.75, 3.05) is 26.4 Å². The number of hydrogen-bond acceptors (Lipinski definition) is 7. The Balaban J connectivity index is 1.97. The number of carbonyl (C=O) groups is 1. The average Bonchev–Trinajstić information content (AvgIpc) is 3.33. The lowest BCUT2D eigenvalue weighted by molar-refractivity contribution is -0.138. The average molecular weight is 339 g/mol. The minimum absolute atomic E-state index is 0.0813. The molecule has 2 aliphatic rings. The fourth-order valence-corrected chi connectivity index (χ4v) is 2.36. The Kier molecular flexibility index (Phi) is 4.49. The van der Waals surface area contributed by atoms with Crippen molar-refractivity contribution in [1.82, 2.24) is 13.7 Å². The summed E-state index contributed by atoms with van der Waals surface area (Å²) < 4.78 is 17.8. The van der Waals surface area contributed by atoms with Crippen LogP contribution in [-0.2, 0) is 32.1 Å². The zero-order chi connectivity index (χ0) is 17.3. The van der Waals surface area contributed by atoms with E-state index in [9.17, 15) is 19.2 Å². The number of hydrogen-bond donors (Lipinski definition) is 0. The Hall–Kier alpha value is -2.46. The van der Waals surface area contributed by atoms with Crippen LogP contribution in [0, 0.1) is 0 Å². The van der Waals surface area contributed by atoms with Gasteiger partial charge < -0.3 is 14.2 Å². The van der Waals surface area contributed by atoms with E-state index in [0.717, 1.165) is 19.8 Å². The number of esters is 1. The van der Waals surface area contributed by atoms with Crippen LogP contribution < -0.4 is 17.1 Å². The van der Waals surface area contributed by atoms with Crippen LogP contribution >= 0.6 is 0 Å². The lowest BCUT2D eigenvalue weighted by Gasteiger charge is -2.28. The summed E-state index contributed by atoms with van der Waals surface area (Å²) in [4.78, 5) is 48.5. The number of ether oxygens (including phenoxy) is 3. The Morgan fingerprint density at radius 1 is 1.17 bits per heavy atom. The molecular weight excluding hydrogens is 322 g/mol. The lowest BCUT2D eigenvalue weighted by Crippen LogP contribution is -2.58. The molecule has 0 N–H and O–H groups in total. The van der Waals surface area contributed by atoms with E-state index in [1.807, 2.05) is 0 Å². The molecule has 3 heterocycles. The van der Waals surface area contributed by atoms with Crippen LogP contribution in [0.3, 0.4) is 0 Å². The number of aromatic nitrogens is 3. The van der Waals surface area contributed by atoms with Crippen molar-refractivity contribution < 1.29 is 19.0 Å². The summed E-state index contributed by atoms with van der Waals surface area (Å²) >= 11 is 0. The molecule has 10 heteroatoms. The third kappa shape index (κ3) is 3.10. The fourth-order valence-electron chi connectivity index (χ4n) is 2.36. The van der Waals surface area contributed by atoms with Crippen LogP contribution in [0.15, 0.2) is 27.0 Å². The monoisotopic (exact) mass is 339 g/mol. The second-order valence-electron chi connectivity index (χ2n) is 5.50. The molecule has 2 fully saturated rings. The van der Waals surface area contributed by atoms with E-state index in [2.05, 4.69) is 6.58 Å². The lowest BCUT2D eigenvalue weighted by atomic mass is 10.2. The van der Waals surface area contributed by atoms with Gasteiger partial charge in [0.15, 0.2) is 0 Å². The molecule has 1 unspecified atom stereocenters. The Morgan fingerprint density at radius 2 is 1.83 bits per heavy atom. The maximum Gasteiger partial charge on any atom is 0.336 e. The van der Waals surface area contributed by atoms with Crippen molar-refractivity contribution in [2.24, 2.45) is 0 Å². The highest BCUT2D eigenvalue weighted by Crippen LogP contribution is 2.13. The highest BCUT2D eigenvalue weighted by Gasteiger charge is 2.30. The first kappa shape index (κ1) is 16.4. The molecule has 10 nitrogen and oxygen atoms in total. The van der Waals surface area contributed by atoms with E-state index in [4.69, 9.17) is 14.2 Å². The van der Waals surface area contributed by atoms with Gasteiger partial charge in [-0.2, -0.15) is 0 Å². The minimum Gasteiger partial charge on any atom is -0.461 e. The molecule has 0 bridgehead atoms. The van der Waals surface area contributed by atoms with Gasteiger partial charge in [0.25, 0.3) is 0 Å². The number of nitrogens with zero attached hydrogens (tertiary/aromatic N) is 3. The van der Waals surface area contributed by atoms with E-state index in [1.54, 1.807) is 0 Å². The minimum atomic E-state index is -0.744. The zero-order valence-electron chi connectivity index (χ0n) is 12.9. The fraction of sp³-hybridized carbons (Fsp3) is 0.571. The molecule has 1 atom stereocenters. The van der Waals surface area contributed by atoms with E-state index >= 15 is 0 Å². The molecule has 0 aliphatic carbocycles. The van der Waals surface area contributed by atoms with Gasteiger partial charge in [-0.3, -0.25) is 0 Å². The van der Waals surface area contributed by atoms with Crippen molar-refractivity contribution in [3.05, 3.63) is 44.1 Å². The normalized spacial score (nSPS) is 19.6. The van der Waals surface area contributed by atoms with Gasteiger partial charge >= 0.3 is 23.0 Å². The standard InChI is InChI=1S/C14H17N3O7/c1-2-11(18)23-4-3-15-12(19)16(5-10-8-24-10)14(21)17(13(15)20)9-6-22-7-9/h2,9-10H,1,3-8H2. The summed E-state index contributed by atoms with van der Waals surface area (Å²) in [6, 6.07) is -0.404. The topological polar surface area (TPSA) is 114 Å². The number of rotatable bonds is 7. The number of carbonyl (C=O) groups excluding carboxylic acids is 1. The maximum atomic E-state index is 12.5. The molecule has 0 radical (unpaired) electrons. The quantitative estimate of drug-likeness (QED) is 0.317. The van der Waals surface area contributed by atoms with Crippen molar-refractivity contribution in [3.8, 4) is 0 Å².